The van der Waals surface area contributed by atoms with E-state index >= 15 is 0 Å². The summed E-state index contributed by atoms with van der Waals surface area (Å²) < 4.78 is 24.0. The molecule has 0 aliphatic heterocycles. The van der Waals surface area contributed by atoms with E-state index < -0.39 is 11.7 Å². The van der Waals surface area contributed by atoms with Crippen LogP contribution in [0.15, 0.2) is 36.4 Å². The number of benzene rings is 2. The largest absolute Gasteiger partial charge is 0.493 e. The molecule has 0 spiro atoms. The van der Waals surface area contributed by atoms with E-state index in [1.807, 2.05) is 0 Å². The number of carbonyl (C=O) groups excluding carboxylic acids is 1. The quantitative estimate of drug-likeness (QED) is 0.849. The van der Waals surface area contributed by atoms with Gasteiger partial charge in [0.05, 0.1) is 25.5 Å². The molecule has 6 heteroatoms. The summed E-state index contributed by atoms with van der Waals surface area (Å²) in [6.07, 6.45) is 0. The Bertz CT molecular complexity index is 674. The summed E-state index contributed by atoms with van der Waals surface area (Å²) in [4.78, 5) is 12.3. The molecule has 0 atom stereocenters. The highest BCUT2D eigenvalue weighted by atomic mass is 19.1. The van der Waals surface area contributed by atoms with E-state index in [-0.39, 0.29) is 22.7 Å². The maximum atomic E-state index is 13.7. The van der Waals surface area contributed by atoms with Crippen LogP contribution in [0.3, 0.4) is 0 Å². The predicted octanol–water partition coefficient (Wildman–Crippen LogP) is 2.68. The van der Waals surface area contributed by atoms with Gasteiger partial charge in [0.25, 0.3) is 5.91 Å². The topological polar surface area (TPSA) is 73.6 Å². The maximum absolute atomic E-state index is 13.7. The number of amides is 1. The van der Waals surface area contributed by atoms with Gasteiger partial charge in [-0.1, -0.05) is 6.07 Å². The molecule has 0 unspecified atom stereocenters. The molecular formula is C15H15FN2O3. The standard InChI is InChI=1S/C15H15FN2O3/c1-20-13-5-3-4-10(14(13)21-2)15(19)18-12-7-6-9(17)8-11(12)16/h3-8H,17H2,1-2H3,(H,18,19). The molecule has 3 N–H and O–H groups in total. The number of anilines is 2. The van der Waals surface area contributed by atoms with Gasteiger partial charge in [-0.2, -0.15) is 0 Å². The van der Waals surface area contributed by atoms with Crippen LogP contribution in [0.25, 0.3) is 0 Å². The lowest BCUT2D eigenvalue weighted by atomic mass is 10.1. The molecule has 2 aromatic carbocycles. The smallest absolute Gasteiger partial charge is 0.259 e. The van der Waals surface area contributed by atoms with Crippen LogP contribution in [0.4, 0.5) is 15.8 Å². The number of nitrogen functional groups attached to an aromatic ring is 1. The first kappa shape index (κ1) is 14.6. The molecule has 0 bridgehead atoms. The lowest BCUT2D eigenvalue weighted by Crippen LogP contribution is -2.14. The fraction of sp³-hybridized carbons (Fsp3) is 0.133. The Balaban J connectivity index is 2.32. The summed E-state index contributed by atoms with van der Waals surface area (Å²) in [5.74, 6) is -0.407. The zero-order valence-corrected chi connectivity index (χ0v) is 11.6. The minimum absolute atomic E-state index is 0.0408. The van der Waals surface area contributed by atoms with Gasteiger partial charge in [-0.3, -0.25) is 4.79 Å². The Labute approximate surface area is 121 Å². The lowest BCUT2D eigenvalue weighted by Gasteiger charge is -2.13. The summed E-state index contributed by atoms with van der Waals surface area (Å²) in [7, 11) is 2.90. The van der Waals surface area contributed by atoms with Crippen molar-refractivity contribution in [3.05, 3.63) is 47.8 Å². The number of nitrogens with two attached hydrogens (primary N) is 1. The molecule has 0 saturated carbocycles. The van der Waals surface area contributed by atoms with Gasteiger partial charge in [-0.15, -0.1) is 0 Å². The number of nitrogens with one attached hydrogen (secondary N) is 1. The molecule has 0 heterocycles. The highest BCUT2D eigenvalue weighted by Gasteiger charge is 2.17. The number of para-hydroxylation sites is 1. The Kier molecular flexibility index (Phi) is 4.27. The molecule has 1 amide bonds. The van der Waals surface area contributed by atoms with Gasteiger partial charge in [-0.25, -0.2) is 4.39 Å². The minimum Gasteiger partial charge on any atom is -0.493 e. The molecule has 21 heavy (non-hydrogen) atoms. The van der Waals surface area contributed by atoms with Gasteiger partial charge in [-0.05, 0) is 30.3 Å². The predicted molar refractivity (Wildman–Crippen MR) is 78.3 cm³/mol. The third kappa shape index (κ3) is 3.05. The number of methoxy groups -OCH3 is 2. The molecule has 0 aliphatic carbocycles. The van der Waals surface area contributed by atoms with Crippen LogP contribution < -0.4 is 20.5 Å². The van der Waals surface area contributed by atoms with Crippen LogP contribution in [0.1, 0.15) is 10.4 Å². The molecule has 110 valence electrons. The van der Waals surface area contributed by atoms with Crippen molar-refractivity contribution >= 4 is 17.3 Å². The summed E-state index contributed by atoms with van der Waals surface area (Å²) in [5.41, 5.74) is 6.03. The van der Waals surface area contributed by atoms with Gasteiger partial charge in [0.2, 0.25) is 0 Å². The summed E-state index contributed by atoms with van der Waals surface area (Å²) >= 11 is 0. The first-order valence-corrected chi connectivity index (χ1v) is 6.14. The van der Waals surface area contributed by atoms with E-state index in [9.17, 15) is 9.18 Å². The Hall–Kier alpha value is -2.76. The number of hydrogen-bond donors (Lipinski definition) is 2. The van der Waals surface area contributed by atoms with E-state index in [0.717, 1.165) is 6.07 Å². The second-order valence-corrected chi connectivity index (χ2v) is 4.23. The Morgan fingerprint density at radius 2 is 1.95 bits per heavy atom. The van der Waals surface area contributed by atoms with Crippen LogP contribution in [0.5, 0.6) is 11.5 Å². The number of rotatable bonds is 4. The van der Waals surface area contributed by atoms with Crippen LogP contribution >= 0.6 is 0 Å². The highest BCUT2D eigenvalue weighted by molar-refractivity contribution is 6.06. The second kappa shape index (κ2) is 6.13. The van der Waals surface area contributed by atoms with E-state index in [1.54, 1.807) is 18.2 Å². The molecule has 0 saturated heterocycles. The van der Waals surface area contributed by atoms with Crippen LogP contribution in [0.2, 0.25) is 0 Å². The number of hydrogen-bond acceptors (Lipinski definition) is 4. The van der Waals surface area contributed by atoms with Gasteiger partial charge in [0.15, 0.2) is 11.5 Å². The zero-order valence-electron chi connectivity index (χ0n) is 11.6. The molecule has 5 nitrogen and oxygen atoms in total. The fourth-order valence-electron chi connectivity index (χ4n) is 1.89. The third-order valence-corrected chi connectivity index (χ3v) is 2.89. The average Bonchev–Trinajstić information content (AvgIpc) is 2.49. The average molecular weight is 290 g/mol. The van der Waals surface area contributed by atoms with E-state index in [4.69, 9.17) is 15.2 Å². The zero-order chi connectivity index (χ0) is 15.4. The molecule has 2 rings (SSSR count). The fourth-order valence-corrected chi connectivity index (χ4v) is 1.89. The van der Waals surface area contributed by atoms with Gasteiger partial charge in [0.1, 0.15) is 5.82 Å². The van der Waals surface area contributed by atoms with Crippen molar-refractivity contribution in [3.63, 3.8) is 0 Å². The van der Waals surface area contributed by atoms with E-state index in [1.165, 1.54) is 26.4 Å². The van der Waals surface area contributed by atoms with Crippen molar-refractivity contribution < 1.29 is 18.7 Å². The maximum Gasteiger partial charge on any atom is 0.259 e. The summed E-state index contributed by atoms with van der Waals surface area (Å²) in [6, 6.07) is 8.91. The van der Waals surface area contributed by atoms with Crippen LogP contribution in [-0.2, 0) is 0 Å². The van der Waals surface area contributed by atoms with E-state index in [2.05, 4.69) is 5.32 Å². The van der Waals surface area contributed by atoms with Gasteiger partial charge < -0.3 is 20.5 Å². The van der Waals surface area contributed by atoms with Crippen molar-refractivity contribution in [1.82, 2.24) is 0 Å². The molecule has 0 aliphatic rings. The SMILES string of the molecule is COc1cccc(C(=O)Nc2ccc(N)cc2F)c1OC. The molecule has 2 aromatic rings. The third-order valence-electron chi connectivity index (χ3n) is 2.89. The van der Waals surface area contributed by atoms with E-state index in [0.29, 0.717) is 5.75 Å². The monoisotopic (exact) mass is 290 g/mol. The van der Waals surface area contributed by atoms with Crippen molar-refractivity contribution in [2.45, 2.75) is 0 Å². The normalized spacial score (nSPS) is 10.0. The first-order chi connectivity index (χ1) is 10.1. The highest BCUT2D eigenvalue weighted by Crippen LogP contribution is 2.31. The van der Waals surface area contributed by atoms with Crippen molar-refractivity contribution in [2.75, 3.05) is 25.3 Å². The summed E-state index contributed by atoms with van der Waals surface area (Å²) in [6.45, 7) is 0. The second-order valence-electron chi connectivity index (χ2n) is 4.23. The number of ether oxygens (including phenoxy) is 2. The first-order valence-electron chi connectivity index (χ1n) is 6.14. The molecular weight excluding hydrogens is 275 g/mol. The summed E-state index contributed by atoms with van der Waals surface area (Å²) in [5, 5.41) is 2.47. The Morgan fingerprint density at radius 3 is 2.57 bits per heavy atom. The van der Waals surface area contributed by atoms with Gasteiger partial charge in [0, 0.05) is 5.69 Å². The van der Waals surface area contributed by atoms with Crippen molar-refractivity contribution in [1.29, 1.82) is 0 Å². The van der Waals surface area contributed by atoms with Crippen LogP contribution in [-0.4, -0.2) is 20.1 Å². The molecule has 0 radical (unpaired) electrons. The van der Waals surface area contributed by atoms with Gasteiger partial charge >= 0.3 is 0 Å². The molecule has 0 aromatic heterocycles. The number of carbonyl (C=O) groups is 1. The lowest BCUT2D eigenvalue weighted by molar-refractivity contribution is 0.102. The number of halogens is 1. The minimum atomic E-state index is -0.606. The molecule has 0 fully saturated rings. The van der Waals surface area contributed by atoms with Crippen LogP contribution in [0, 0.1) is 5.82 Å². The van der Waals surface area contributed by atoms with Crippen molar-refractivity contribution in [2.24, 2.45) is 0 Å². The van der Waals surface area contributed by atoms with Crippen molar-refractivity contribution in [3.8, 4) is 11.5 Å². The Morgan fingerprint density at radius 1 is 1.19 bits per heavy atom.